The van der Waals surface area contributed by atoms with Crippen molar-refractivity contribution in [3.63, 3.8) is 0 Å². The SMILES string of the molecule is CCc1c(F)cccc1SNc1ccc(F)c(N)c1F. The molecule has 0 spiro atoms. The third-order valence-corrected chi connectivity index (χ3v) is 3.75. The molecule has 0 amide bonds. The Kier molecular flexibility index (Phi) is 4.44. The zero-order valence-corrected chi connectivity index (χ0v) is 11.5. The molecule has 20 heavy (non-hydrogen) atoms. The minimum atomic E-state index is -0.855. The number of nitrogens with one attached hydrogen (secondary N) is 1. The Morgan fingerprint density at radius 2 is 1.85 bits per heavy atom. The van der Waals surface area contributed by atoms with E-state index in [1.165, 1.54) is 12.1 Å². The molecule has 2 aromatic rings. The highest BCUT2D eigenvalue weighted by atomic mass is 32.2. The monoisotopic (exact) mass is 298 g/mol. The first-order valence-electron chi connectivity index (χ1n) is 5.98. The largest absolute Gasteiger partial charge is 0.394 e. The van der Waals surface area contributed by atoms with Crippen molar-refractivity contribution in [1.82, 2.24) is 0 Å². The standard InChI is InChI=1S/C14H13F3N2S/c1-2-8-9(15)4-3-5-12(8)20-19-11-7-6-10(16)14(18)13(11)17/h3-7,19H,2,18H2,1H3. The molecule has 0 saturated carbocycles. The molecule has 0 aliphatic rings. The van der Waals surface area contributed by atoms with Crippen LogP contribution in [0.3, 0.4) is 0 Å². The first kappa shape index (κ1) is 14.6. The van der Waals surface area contributed by atoms with Gasteiger partial charge in [-0.2, -0.15) is 0 Å². The zero-order valence-electron chi connectivity index (χ0n) is 10.7. The molecule has 6 heteroatoms. The second-order valence-corrected chi connectivity index (χ2v) is 4.94. The molecule has 0 atom stereocenters. The van der Waals surface area contributed by atoms with Gasteiger partial charge < -0.3 is 10.5 Å². The summed E-state index contributed by atoms with van der Waals surface area (Å²) in [6, 6.07) is 7.00. The lowest BCUT2D eigenvalue weighted by Gasteiger charge is -2.11. The molecule has 0 bridgehead atoms. The first-order valence-corrected chi connectivity index (χ1v) is 6.80. The van der Waals surface area contributed by atoms with E-state index in [1.54, 1.807) is 12.1 Å². The van der Waals surface area contributed by atoms with Crippen LogP contribution in [0.1, 0.15) is 12.5 Å². The molecule has 0 aliphatic heterocycles. The molecular weight excluding hydrogens is 285 g/mol. The van der Waals surface area contributed by atoms with Gasteiger partial charge in [-0.15, -0.1) is 0 Å². The van der Waals surface area contributed by atoms with Gasteiger partial charge in [-0.1, -0.05) is 13.0 Å². The average molecular weight is 298 g/mol. The highest BCUT2D eigenvalue weighted by molar-refractivity contribution is 8.00. The Labute approximate surface area is 119 Å². The van der Waals surface area contributed by atoms with Crippen LogP contribution in [0.4, 0.5) is 24.5 Å². The summed E-state index contributed by atoms with van der Waals surface area (Å²) < 4.78 is 43.1. The van der Waals surface area contributed by atoms with E-state index in [9.17, 15) is 13.2 Å². The van der Waals surface area contributed by atoms with Crippen molar-refractivity contribution in [3.05, 3.63) is 53.3 Å². The minimum absolute atomic E-state index is 0.0558. The summed E-state index contributed by atoms with van der Waals surface area (Å²) in [7, 11) is 0. The lowest BCUT2D eigenvalue weighted by atomic mass is 10.1. The Balaban J connectivity index is 2.22. The van der Waals surface area contributed by atoms with Gasteiger partial charge in [0.25, 0.3) is 0 Å². The van der Waals surface area contributed by atoms with Gasteiger partial charge in [-0.25, -0.2) is 13.2 Å². The summed E-state index contributed by atoms with van der Waals surface area (Å²) >= 11 is 1.06. The number of hydrogen-bond donors (Lipinski definition) is 2. The quantitative estimate of drug-likeness (QED) is 0.650. The molecule has 0 aliphatic carbocycles. The molecule has 0 radical (unpaired) electrons. The summed E-state index contributed by atoms with van der Waals surface area (Å²) in [5.74, 6) is -1.97. The van der Waals surface area contributed by atoms with Crippen molar-refractivity contribution in [2.45, 2.75) is 18.2 Å². The van der Waals surface area contributed by atoms with E-state index in [0.29, 0.717) is 16.9 Å². The first-order chi connectivity index (χ1) is 9.54. The Morgan fingerprint density at radius 1 is 1.10 bits per heavy atom. The molecule has 0 aromatic heterocycles. The predicted molar refractivity (Wildman–Crippen MR) is 76.0 cm³/mol. The topological polar surface area (TPSA) is 38.0 Å². The van der Waals surface area contributed by atoms with E-state index in [4.69, 9.17) is 5.73 Å². The lowest BCUT2D eigenvalue weighted by molar-refractivity contribution is 0.595. The molecule has 0 saturated heterocycles. The van der Waals surface area contributed by atoms with Crippen molar-refractivity contribution in [2.75, 3.05) is 10.5 Å². The molecule has 3 N–H and O–H groups in total. The smallest absolute Gasteiger partial charge is 0.172 e. The fourth-order valence-corrected chi connectivity index (χ4v) is 2.62. The number of halogens is 3. The number of rotatable bonds is 4. The number of hydrogen-bond acceptors (Lipinski definition) is 3. The fraction of sp³-hybridized carbons (Fsp3) is 0.143. The van der Waals surface area contributed by atoms with Crippen LogP contribution in [0, 0.1) is 17.5 Å². The fourth-order valence-electron chi connectivity index (χ4n) is 1.74. The Bertz CT molecular complexity index is 632. The maximum absolute atomic E-state index is 13.7. The van der Waals surface area contributed by atoms with Crippen molar-refractivity contribution >= 4 is 23.3 Å². The maximum atomic E-state index is 13.7. The lowest BCUT2D eigenvalue weighted by Crippen LogP contribution is -2.00. The summed E-state index contributed by atoms with van der Waals surface area (Å²) in [6.07, 6.45) is 0.519. The van der Waals surface area contributed by atoms with Gasteiger partial charge in [0.05, 0.1) is 5.69 Å². The number of nitrogen functional groups attached to an aromatic ring is 1. The maximum Gasteiger partial charge on any atom is 0.172 e. The van der Waals surface area contributed by atoms with Crippen LogP contribution < -0.4 is 10.5 Å². The molecule has 2 rings (SSSR count). The average Bonchev–Trinajstić information content (AvgIpc) is 2.44. The molecule has 0 unspecified atom stereocenters. The van der Waals surface area contributed by atoms with Crippen LogP contribution >= 0.6 is 11.9 Å². The Morgan fingerprint density at radius 3 is 2.55 bits per heavy atom. The van der Waals surface area contributed by atoms with E-state index in [0.717, 1.165) is 18.0 Å². The third-order valence-electron chi connectivity index (χ3n) is 2.83. The summed E-state index contributed by atoms with van der Waals surface area (Å²) in [6.45, 7) is 1.83. The summed E-state index contributed by atoms with van der Waals surface area (Å²) in [5, 5.41) is 0. The number of benzene rings is 2. The van der Waals surface area contributed by atoms with Gasteiger partial charge in [-0.3, -0.25) is 0 Å². The predicted octanol–water partition coefficient (Wildman–Crippen LogP) is 4.37. The van der Waals surface area contributed by atoms with Crippen molar-refractivity contribution in [3.8, 4) is 0 Å². The van der Waals surface area contributed by atoms with Gasteiger partial charge in [-0.05, 0) is 42.6 Å². The van der Waals surface area contributed by atoms with E-state index in [2.05, 4.69) is 4.72 Å². The van der Waals surface area contributed by atoms with E-state index < -0.39 is 17.3 Å². The summed E-state index contributed by atoms with van der Waals surface area (Å²) in [4.78, 5) is 0.648. The van der Waals surface area contributed by atoms with Gasteiger partial charge in [0, 0.05) is 10.5 Å². The normalized spacial score (nSPS) is 10.6. The summed E-state index contributed by atoms with van der Waals surface area (Å²) in [5.41, 5.74) is 5.33. The molecule has 2 nitrogen and oxygen atoms in total. The Hall–Kier alpha value is -1.82. The zero-order chi connectivity index (χ0) is 14.7. The molecule has 0 heterocycles. The van der Waals surface area contributed by atoms with Crippen LogP contribution in [0.15, 0.2) is 35.2 Å². The second kappa shape index (κ2) is 6.09. The van der Waals surface area contributed by atoms with E-state index in [1.807, 2.05) is 6.92 Å². The van der Waals surface area contributed by atoms with Gasteiger partial charge in [0.15, 0.2) is 5.82 Å². The van der Waals surface area contributed by atoms with E-state index >= 15 is 0 Å². The van der Waals surface area contributed by atoms with Crippen molar-refractivity contribution < 1.29 is 13.2 Å². The number of anilines is 2. The van der Waals surface area contributed by atoms with Gasteiger partial charge >= 0.3 is 0 Å². The van der Waals surface area contributed by atoms with Crippen LogP contribution in [0.5, 0.6) is 0 Å². The van der Waals surface area contributed by atoms with Gasteiger partial charge in [0.2, 0.25) is 0 Å². The van der Waals surface area contributed by atoms with Crippen LogP contribution in [-0.4, -0.2) is 0 Å². The molecule has 106 valence electrons. The highest BCUT2D eigenvalue weighted by Crippen LogP contribution is 2.30. The number of nitrogens with two attached hydrogens (primary N) is 1. The third kappa shape index (κ3) is 2.85. The van der Waals surface area contributed by atoms with Crippen molar-refractivity contribution in [2.24, 2.45) is 0 Å². The van der Waals surface area contributed by atoms with Crippen LogP contribution in [-0.2, 0) is 6.42 Å². The van der Waals surface area contributed by atoms with Crippen LogP contribution in [0.25, 0.3) is 0 Å². The molecule has 0 fully saturated rings. The highest BCUT2D eigenvalue weighted by Gasteiger charge is 2.12. The van der Waals surface area contributed by atoms with Crippen LogP contribution in [0.2, 0.25) is 0 Å². The van der Waals surface area contributed by atoms with E-state index in [-0.39, 0.29) is 11.5 Å². The molecule has 2 aromatic carbocycles. The molecular formula is C14H13F3N2S. The second-order valence-electron chi connectivity index (χ2n) is 4.10. The van der Waals surface area contributed by atoms with Gasteiger partial charge in [0.1, 0.15) is 17.3 Å². The minimum Gasteiger partial charge on any atom is -0.394 e. The van der Waals surface area contributed by atoms with Crippen molar-refractivity contribution in [1.29, 1.82) is 0 Å².